The molecule has 2 saturated heterocycles. The summed E-state index contributed by atoms with van der Waals surface area (Å²) in [5.74, 6) is -1.95. The van der Waals surface area contributed by atoms with E-state index < -0.39 is 29.1 Å². The van der Waals surface area contributed by atoms with Gasteiger partial charge in [-0.1, -0.05) is 56.2 Å². The second kappa shape index (κ2) is 10.5. The van der Waals surface area contributed by atoms with Gasteiger partial charge < -0.3 is 24.5 Å². The summed E-state index contributed by atoms with van der Waals surface area (Å²) in [7, 11) is 1.76. The SMILES string of the molecule is CC[C@@]12C=CCN(C)C(=O)[C@@H]1[C@H]1C(=O)N(CCCCCCO)C3C(=O)N(c4cc(C)ccc4C)CC=C[C@@]31O2. The van der Waals surface area contributed by atoms with Gasteiger partial charge in [-0.15, -0.1) is 0 Å². The summed E-state index contributed by atoms with van der Waals surface area (Å²) in [5.41, 5.74) is 0.679. The van der Waals surface area contributed by atoms with Crippen LogP contribution in [0.2, 0.25) is 0 Å². The van der Waals surface area contributed by atoms with Gasteiger partial charge in [-0.2, -0.15) is 0 Å². The first kappa shape index (κ1) is 27.6. The number of likely N-dealkylation sites (N-methyl/N-ethyl adjacent to an activating group) is 1. The van der Waals surface area contributed by atoms with Gasteiger partial charge >= 0.3 is 0 Å². The van der Waals surface area contributed by atoms with E-state index in [1.54, 1.807) is 21.7 Å². The van der Waals surface area contributed by atoms with Crippen molar-refractivity contribution >= 4 is 23.4 Å². The largest absolute Gasteiger partial charge is 0.396 e. The highest BCUT2D eigenvalue weighted by molar-refractivity contribution is 6.06. The number of rotatable bonds is 8. The fourth-order valence-electron chi connectivity index (χ4n) is 7.10. The third kappa shape index (κ3) is 4.32. The van der Waals surface area contributed by atoms with Gasteiger partial charge in [0.15, 0.2) is 0 Å². The van der Waals surface area contributed by atoms with Gasteiger partial charge in [0.05, 0.1) is 17.4 Å². The zero-order chi connectivity index (χ0) is 27.9. The molecule has 0 saturated carbocycles. The topological polar surface area (TPSA) is 90.4 Å². The van der Waals surface area contributed by atoms with Crippen molar-refractivity contribution in [2.24, 2.45) is 11.8 Å². The molecule has 0 bridgehead atoms. The normalized spacial score (nSPS) is 31.9. The fraction of sp³-hybridized carbons (Fsp3) is 0.581. The Bertz CT molecular complexity index is 1210. The average Bonchev–Trinajstić information content (AvgIpc) is 3.21. The molecule has 5 rings (SSSR count). The second-order valence-electron chi connectivity index (χ2n) is 11.6. The molecule has 8 nitrogen and oxygen atoms in total. The molecule has 1 aromatic rings. The lowest BCUT2D eigenvalue weighted by Crippen LogP contribution is -2.56. The number of aryl methyl sites for hydroxylation is 2. The lowest BCUT2D eigenvalue weighted by atomic mass is 9.73. The van der Waals surface area contributed by atoms with Gasteiger partial charge in [0.25, 0.3) is 5.91 Å². The number of ether oxygens (including phenoxy) is 1. The monoisotopic (exact) mass is 535 g/mol. The number of nitrogens with zero attached hydrogens (tertiary/aromatic N) is 3. The van der Waals surface area contributed by atoms with Crippen LogP contribution in [0.1, 0.15) is 50.2 Å². The Morgan fingerprint density at radius 2 is 1.69 bits per heavy atom. The molecule has 3 amide bonds. The molecule has 4 aliphatic heterocycles. The lowest BCUT2D eigenvalue weighted by Gasteiger charge is -2.38. The van der Waals surface area contributed by atoms with Crippen molar-refractivity contribution in [3.8, 4) is 0 Å². The van der Waals surface area contributed by atoms with Crippen molar-refractivity contribution in [1.82, 2.24) is 9.80 Å². The highest BCUT2D eigenvalue weighted by Crippen LogP contribution is 2.58. The first-order chi connectivity index (χ1) is 18.7. The molecular formula is C31H41N3O5. The maximum Gasteiger partial charge on any atom is 0.253 e. The molecule has 8 heteroatoms. The maximum absolute atomic E-state index is 14.6. The number of amides is 3. The lowest BCUT2D eigenvalue weighted by molar-refractivity contribution is -0.149. The van der Waals surface area contributed by atoms with Crippen molar-refractivity contribution in [3.63, 3.8) is 0 Å². The number of hydrogen-bond acceptors (Lipinski definition) is 5. The van der Waals surface area contributed by atoms with Gasteiger partial charge in [-0.05, 0) is 50.3 Å². The van der Waals surface area contributed by atoms with E-state index in [1.807, 2.05) is 63.3 Å². The molecule has 4 heterocycles. The van der Waals surface area contributed by atoms with E-state index in [9.17, 15) is 19.5 Å². The van der Waals surface area contributed by atoms with E-state index in [0.717, 1.165) is 29.7 Å². The molecule has 1 unspecified atom stereocenters. The summed E-state index contributed by atoms with van der Waals surface area (Å²) in [5, 5.41) is 9.17. The summed E-state index contributed by atoms with van der Waals surface area (Å²) < 4.78 is 6.99. The Labute approximate surface area is 231 Å². The van der Waals surface area contributed by atoms with Crippen LogP contribution in [0.4, 0.5) is 5.69 Å². The standard InChI is InChI=1S/C31H41N3O5/c1-5-30-14-10-16-32(4)27(36)24(30)25-28(37)34(17-8-6-7-9-19-35)26-29(38)33(18-11-15-31(25,26)39-30)23-20-21(2)12-13-22(23)3/h10-15,20,24-26,35H,5-9,16-19H2,1-4H3/t24-,25-,26?,30+,31-/m0/s1. The molecule has 4 aliphatic rings. The summed E-state index contributed by atoms with van der Waals surface area (Å²) in [6.45, 7) is 7.35. The van der Waals surface area contributed by atoms with Gasteiger partial charge in [-0.25, -0.2) is 0 Å². The predicted molar refractivity (Wildman–Crippen MR) is 149 cm³/mol. The number of aliphatic hydroxyl groups excluding tert-OH is 1. The van der Waals surface area contributed by atoms with E-state index in [4.69, 9.17) is 4.74 Å². The number of hydrogen-bond donors (Lipinski definition) is 1. The zero-order valence-corrected chi connectivity index (χ0v) is 23.6. The highest BCUT2D eigenvalue weighted by atomic mass is 16.5. The average molecular weight is 536 g/mol. The Morgan fingerprint density at radius 3 is 2.44 bits per heavy atom. The third-order valence-corrected chi connectivity index (χ3v) is 9.10. The predicted octanol–water partition coefficient (Wildman–Crippen LogP) is 3.15. The number of benzene rings is 1. The summed E-state index contributed by atoms with van der Waals surface area (Å²) in [6, 6.07) is 5.19. The number of anilines is 1. The molecule has 1 spiro atoms. The molecule has 0 aliphatic carbocycles. The van der Waals surface area contributed by atoms with Crippen molar-refractivity contribution in [2.45, 2.75) is 70.1 Å². The van der Waals surface area contributed by atoms with Gasteiger partial charge in [0, 0.05) is 39.0 Å². The van der Waals surface area contributed by atoms with Crippen LogP contribution in [-0.2, 0) is 19.1 Å². The number of carbonyl (C=O) groups is 3. The smallest absolute Gasteiger partial charge is 0.253 e. The minimum atomic E-state index is -1.23. The molecule has 1 aromatic carbocycles. The van der Waals surface area contributed by atoms with E-state index in [0.29, 0.717) is 38.9 Å². The number of unbranched alkanes of at least 4 members (excludes halogenated alkanes) is 3. The second-order valence-corrected chi connectivity index (χ2v) is 11.6. The van der Waals surface area contributed by atoms with Crippen molar-refractivity contribution in [1.29, 1.82) is 0 Å². The minimum Gasteiger partial charge on any atom is -0.396 e. The van der Waals surface area contributed by atoms with Crippen LogP contribution in [0.3, 0.4) is 0 Å². The summed E-state index contributed by atoms with van der Waals surface area (Å²) in [6.07, 6.45) is 11.4. The quantitative estimate of drug-likeness (QED) is 0.408. The molecule has 210 valence electrons. The van der Waals surface area contributed by atoms with Crippen LogP contribution in [0, 0.1) is 25.7 Å². The Hall–Kier alpha value is -2.97. The number of likely N-dealkylation sites (tertiary alicyclic amines) is 1. The number of carbonyl (C=O) groups excluding carboxylic acids is 3. The molecule has 2 fully saturated rings. The van der Waals surface area contributed by atoms with Crippen LogP contribution in [0.25, 0.3) is 0 Å². The fourth-order valence-corrected chi connectivity index (χ4v) is 7.10. The van der Waals surface area contributed by atoms with Crippen molar-refractivity contribution in [2.75, 3.05) is 38.2 Å². The van der Waals surface area contributed by atoms with E-state index in [-0.39, 0.29) is 24.3 Å². The maximum atomic E-state index is 14.6. The summed E-state index contributed by atoms with van der Waals surface area (Å²) in [4.78, 5) is 47.9. The van der Waals surface area contributed by atoms with E-state index in [1.165, 1.54) is 0 Å². The van der Waals surface area contributed by atoms with E-state index in [2.05, 4.69) is 0 Å². The zero-order valence-electron chi connectivity index (χ0n) is 23.6. The van der Waals surface area contributed by atoms with Gasteiger partial charge in [0.1, 0.15) is 11.6 Å². The Morgan fingerprint density at radius 1 is 0.949 bits per heavy atom. The van der Waals surface area contributed by atoms with E-state index >= 15 is 0 Å². The Kier molecular flexibility index (Phi) is 7.46. The first-order valence-corrected chi connectivity index (χ1v) is 14.3. The Balaban J connectivity index is 1.61. The van der Waals surface area contributed by atoms with Crippen LogP contribution in [0.15, 0.2) is 42.5 Å². The molecule has 5 atom stereocenters. The van der Waals surface area contributed by atoms with Crippen LogP contribution in [0.5, 0.6) is 0 Å². The highest BCUT2D eigenvalue weighted by Gasteiger charge is 2.75. The van der Waals surface area contributed by atoms with Gasteiger partial charge in [-0.3, -0.25) is 14.4 Å². The molecule has 0 radical (unpaired) electrons. The van der Waals surface area contributed by atoms with Crippen LogP contribution in [-0.4, -0.2) is 83.2 Å². The van der Waals surface area contributed by atoms with Crippen LogP contribution >= 0.6 is 0 Å². The number of aliphatic hydroxyl groups is 1. The van der Waals surface area contributed by atoms with Gasteiger partial charge in [0.2, 0.25) is 11.8 Å². The number of fused-ring (bicyclic) bond motifs is 2. The summed E-state index contributed by atoms with van der Waals surface area (Å²) >= 11 is 0. The molecule has 39 heavy (non-hydrogen) atoms. The van der Waals surface area contributed by atoms with Crippen molar-refractivity contribution < 1.29 is 24.2 Å². The first-order valence-electron chi connectivity index (χ1n) is 14.3. The van der Waals surface area contributed by atoms with Crippen molar-refractivity contribution in [3.05, 3.63) is 53.6 Å². The molecular weight excluding hydrogens is 494 g/mol. The van der Waals surface area contributed by atoms with Crippen LogP contribution < -0.4 is 4.90 Å². The minimum absolute atomic E-state index is 0.114. The third-order valence-electron chi connectivity index (χ3n) is 9.10. The molecule has 0 aromatic heterocycles. The molecule has 1 N–H and O–H groups in total.